The average molecular weight is 277 g/mol. The quantitative estimate of drug-likeness (QED) is 0.751. The largest absolute Gasteiger partial charge is 0.466 e. The standard InChI is InChI=1S/C16H23NO3/c1-5-20-15(18)10-11-17(12(2)3)16(19)14-9-7-6-8-13(14)4/h6-9,12H,5,10-11H2,1-4H3. The number of benzene rings is 1. The van der Waals surface area contributed by atoms with Gasteiger partial charge in [0.25, 0.3) is 5.91 Å². The van der Waals surface area contributed by atoms with Gasteiger partial charge in [0, 0.05) is 18.2 Å². The molecule has 20 heavy (non-hydrogen) atoms. The van der Waals surface area contributed by atoms with Gasteiger partial charge in [0.2, 0.25) is 0 Å². The molecule has 0 radical (unpaired) electrons. The van der Waals surface area contributed by atoms with Crippen LogP contribution in [0.3, 0.4) is 0 Å². The van der Waals surface area contributed by atoms with Gasteiger partial charge in [0.15, 0.2) is 0 Å². The van der Waals surface area contributed by atoms with E-state index in [-0.39, 0.29) is 24.3 Å². The topological polar surface area (TPSA) is 46.6 Å². The third kappa shape index (κ3) is 4.37. The Kier molecular flexibility index (Phi) is 6.22. The zero-order valence-electron chi connectivity index (χ0n) is 12.7. The monoisotopic (exact) mass is 277 g/mol. The number of hydrogen-bond acceptors (Lipinski definition) is 3. The molecule has 0 fully saturated rings. The van der Waals surface area contributed by atoms with E-state index in [2.05, 4.69) is 0 Å². The predicted molar refractivity (Wildman–Crippen MR) is 78.6 cm³/mol. The van der Waals surface area contributed by atoms with E-state index in [0.717, 1.165) is 5.56 Å². The van der Waals surface area contributed by atoms with Crippen LogP contribution >= 0.6 is 0 Å². The number of ether oxygens (including phenoxy) is 1. The number of aryl methyl sites for hydroxylation is 1. The number of esters is 1. The summed E-state index contributed by atoms with van der Waals surface area (Å²) in [5.41, 5.74) is 1.63. The van der Waals surface area contributed by atoms with Crippen molar-refractivity contribution in [3.05, 3.63) is 35.4 Å². The van der Waals surface area contributed by atoms with Gasteiger partial charge in [-0.25, -0.2) is 0 Å². The maximum atomic E-state index is 12.6. The van der Waals surface area contributed by atoms with Crippen molar-refractivity contribution >= 4 is 11.9 Å². The minimum absolute atomic E-state index is 0.0385. The molecule has 0 N–H and O–H groups in total. The molecule has 0 aliphatic carbocycles. The van der Waals surface area contributed by atoms with Crippen LogP contribution in [0.15, 0.2) is 24.3 Å². The van der Waals surface area contributed by atoms with E-state index in [1.807, 2.05) is 45.0 Å². The van der Waals surface area contributed by atoms with E-state index in [9.17, 15) is 9.59 Å². The summed E-state index contributed by atoms with van der Waals surface area (Å²) in [6.45, 7) is 8.33. The zero-order chi connectivity index (χ0) is 15.1. The van der Waals surface area contributed by atoms with Crippen molar-refractivity contribution in [2.24, 2.45) is 0 Å². The van der Waals surface area contributed by atoms with Crippen LogP contribution in [0.5, 0.6) is 0 Å². The van der Waals surface area contributed by atoms with Crippen molar-refractivity contribution in [3.8, 4) is 0 Å². The van der Waals surface area contributed by atoms with Crippen molar-refractivity contribution in [2.45, 2.75) is 40.2 Å². The van der Waals surface area contributed by atoms with Crippen LogP contribution in [0.1, 0.15) is 43.1 Å². The van der Waals surface area contributed by atoms with Crippen LogP contribution in [0.2, 0.25) is 0 Å². The molecule has 1 amide bonds. The maximum absolute atomic E-state index is 12.6. The molecule has 0 aliphatic rings. The molecule has 1 aromatic carbocycles. The summed E-state index contributed by atoms with van der Waals surface area (Å²) in [6.07, 6.45) is 0.226. The van der Waals surface area contributed by atoms with Crippen LogP contribution < -0.4 is 0 Å². The number of carbonyl (C=O) groups excluding carboxylic acids is 2. The fourth-order valence-corrected chi connectivity index (χ4v) is 2.01. The first kappa shape index (κ1) is 16.2. The molecule has 0 saturated heterocycles. The summed E-state index contributed by atoms with van der Waals surface area (Å²) >= 11 is 0. The molecule has 0 spiro atoms. The molecule has 4 heteroatoms. The summed E-state index contributed by atoms with van der Waals surface area (Å²) in [6, 6.07) is 7.53. The van der Waals surface area contributed by atoms with Crippen LogP contribution in [-0.4, -0.2) is 36.0 Å². The minimum Gasteiger partial charge on any atom is -0.466 e. The lowest BCUT2D eigenvalue weighted by molar-refractivity contribution is -0.143. The Morgan fingerprint density at radius 3 is 2.45 bits per heavy atom. The first-order valence-corrected chi connectivity index (χ1v) is 6.99. The van der Waals surface area contributed by atoms with Crippen molar-refractivity contribution in [1.29, 1.82) is 0 Å². The number of hydrogen-bond donors (Lipinski definition) is 0. The summed E-state index contributed by atoms with van der Waals surface area (Å²) in [7, 11) is 0. The second-order valence-corrected chi connectivity index (χ2v) is 4.96. The molecule has 0 atom stereocenters. The van der Waals surface area contributed by atoms with E-state index in [1.165, 1.54) is 0 Å². The maximum Gasteiger partial charge on any atom is 0.307 e. The summed E-state index contributed by atoms with van der Waals surface area (Å²) in [5.74, 6) is -0.307. The summed E-state index contributed by atoms with van der Waals surface area (Å²) in [4.78, 5) is 25.7. The number of nitrogens with zero attached hydrogens (tertiary/aromatic N) is 1. The number of amides is 1. The third-order valence-corrected chi connectivity index (χ3v) is 3.12. The van der Waals surface area contributed by atoms with E-state index < -0.39 is 0 Å². The van der Waals surface area contributed by atoms with Gasteiger partial charge in [-0.15, -0.1) is 0 Å². The van der Waals surface area contributed by atoms with Gasteiger partial charge in [-0.3, -0.25) is 9.59 Å². The Morgan fingerprint density at radius 2 is 1.90 bits per heavy atom. The van der Waals surface area contributed by atoms with Gasteiger partial charge in [-0.1, -0.05) is 18.2 Å². The minimum atomic E-state index is -0.268. The lowest BCUT2D eigenvalue weighted by atomic mass is 10.1. The number of rotatable bonds is 6. The van der Waals surface area contributed by atoms with Crippen molar-refractivity contribution in [1.82, 2.24) is 4.90 Å². The van der Waals surface area contributed by atoms with Crippen molar-refractivity contribution in [2.75, 3.05) is 13.2 Å². The Hall–Kier alpha value is -1.84. The molecule has 0 bridgehead atoms. The molecular weight excluding hydrogens is 254 g/mol. The summed E-state index contributed by atoms with van der Waals surface area (Å²) in [5, 5.41) is 0. The van der Waals surface area contributed by atoms with Crippen LogP contribution in [-0.2, 0) is 9.53 Å². The van der Waals surface area contributed by atoms with Crippen LogP contribution in [0.4, 0.5) is 0 Å². The molecule has 0 saturated carbocycles. The second-order valence-electron chi connectivity index (χ2n) is 4.96. The van der Waals surface area contributed by atoms with Crippen LogP contribution in [0, 0.1) is 6.92 Å². The molecule has 4 nitrogen and oxygen atoms in total. The molecule has 0 aromatic heterocycles. The fraction of sp³-hybridized carbons (Fsp3) is 0.500. The molecule has 1 rings (SSSR count). The van der Waals surface area contributed by atoms with Gasteiger partial charge in [0.05, 0.1) is 13.0 Å². The van der Waals surface area contributed by atoms with E-state index in [4.69, 9.17) is 4.74 Å². The lowest BCUT2D eigenvalue weighted by Crippen LogP contribution is -2.39. The van der Waals surface area contributed by atoms with Crippen LogP contribution in [0.25, 0.3) is 0 Å². The smallest absolute Gasteiger partial charge is 0.307 e. The lowest BCUT2D eigenvalue weighted by Gasteiger charge is -2.27. The Balaban J connectivity index is 2.79. The first-order valence-electron chi connectivity index (χ1n) is 6.99. The van der Waals surface area contributed by atoms with Crippen molar-refractivity contribution in [3.63, 3.8) is 0 Å². The molecule has 0 heterocycles. The summed E-state index contributed by atoms with van der Waals surface area (Å²) < 4.78 is 4.90. The molecule has 1 aromatic rings. The van der Waals surface area contributed by atoms with E-state index in [1.54, 1.807) is 11.8 Å². The highest BCUT2D eigenvalue weighted by molar-refractivity contribution is 5.96. The highest BCUT2D eigenvalue weighted by Crippen LogP contribution is 2.13. The Morgan fingerprint density at radius 1 is 1.25 bits per heavy atom. The predicted octanol–water partition coefficient (Wildman–Crippen LogP) is 2.80. The highest BCUT2D eigenvalue weighted by atomic mass is 16.5. The van der Waals surface area contributed by atoms with Gasteiger partial charge >= 0.3 is 5.97 Å². The zero-order valence-corrected chi connectivity index (χ0v) is 12.7. The van der Waals surface area contributed by atoms with Gasteiger partial charge < -0.3 is 9.64 Å². The molecular formula is C16H23NO3. The van der Waals surface area contributed by atoms with Crippen molar-refractivity contribution < 1.29 is 14.3 Å². The molecule has 0 aliphatic heterocycles. The normalized spacial score (nSPS) is 10.4. The third-order valence-electron chi connectivity index (χ3n) is 3.12. The van der Waals surface area contributed by atoms with E-state index >= 15 is 0 Å². The fourth-order valence-electron chi connectivity index (χ4n) is 2.01. The molecule has 110 valence electrons. The Labute approximate surface area is 120 Å². The van der Waals surface area contributed by atoms with Gasteiger partial charge in [-0.2, -0.15) is 0 Å². The first-order chi connectivity index (χ1) is 9.47. The number of carbonyl (C=O) groups is 2. The SMILES string of the molecule is CCOC(=O)CCN(C(=O)c1ccccc1C)C(C)C. The van der Waals surface area contributed by atoms with Gasteiger partial charge in [-0.05, 0) is 39.3 Å². The van der Waals surface area contributed by atoms with E-state index in [0.29, 0.717) is 18.7 Å². The molecule has 0 unspecified atom stereocenters. The second kappa shape index (κ2) is 7.68. The van der Waals surface area contributed by atoms with Gasteiger partial charge in [0.1, 0.15) is 0 Å². The highest BCUT2D eigenvalue weighted by Gasteiger charge is 2.20. The Bertz CT molecular complexity index is 469. The average Bonchev–Trinajstić information content (AvgIpc) is 2.39.